The summed E-state index contributed by atoms with van der Waals surface area (Å²) in [7, 11) is 0. The van der Waals surface area contributed by atoms with E-state index in [1.165, 1.54) is 0 Å². The van der Waals surface area contributed by atoms with Gasteiger partial charge in [0, 0.05) is 43.4 Å². The number of oxazole rings is 1. The van der Waals surface area contributed by atoms with Gasteiger partial charge in [-0.2, -0.15) is 15.0 Å². The molecule has 7 aromatic carbocycles. The molecule has 12 rings (SSSR count). The molecule has 0 aliphatic rings. The van der Waals surface area contributed by atoms with Gasteiger partial charge in [-0.15, -0.1) is 0 Å². The summed E-state index contributed by atoms with van der Waals surface area (Å²) in [5.74, 6) is 1.60. The molecule has 0 amide bonds. The maximum absolute atomic E-state index is 6.50. The summed E-state index contributed by atoms with van der Waals surface area (Å²) in [6.07, 6.45) is 0. The molecule has 0 bridgehead atoms. The van der Waals surface area contributed by atoms with Crippen LogP contribution in [0.1, 0.15) is 0 Å². The van der Waals surface area contributed by atoms with Crippen LogP contribution in [0.4, 0.5) is 0 Å². The molecule has 12 aromatic rings. The van der Waals surface area contributed by atoms with E-state index in [0.29, 0.717) is 23.6 Å². The average molecular weight is 695 g/mol. The van der Waals surface area contributed by atoms with Crippen LogP contribution in [-0.2, 0) is 0 Å². The third-order valence-corrected chi connectivity index (χ3v) is 10.4. The Bertz CT molecular complexity index is 3430. The van der Waals surface area contributed by atoms with Crippen LogP contribution in [0.2, 0.25) is 0 Å². The van der Waals surface area contributed by atoms with Crippen LogP contribution in [0.15, 0.2) is 167 Å². The highest BCUT2D eigenvalue weighted by Crippen LogP contribution is 2.42. The first-order chi connectivity index (χ1) is 26.8. The Morgan fingerprint density at radius 1 is 0.370 bits per heavy atom. The Kier molecular flexibility index (Phi) is 5.90. The molecule has 8 nitrogen and oxygen atoms in total. The quantitative estimate of drug-likeness (QED) is 0.182. The van der Waals surface area contributed by atoms with Crippen LogP contribution in [-0.4, -0.2) is 29.1 Å². The van der Waals surface area contributed by atoms with Gasteiger partial charge in [-0.1, -0.05) is 115 Å². The molecule has 0 atom stereocenters. The van der Waals surface area contributed by atoms with Gasteiger partial charge in [-0.3, -0.25) is 9.13 Å². The van der Waals surface area contributed by atoms with E-state index in [-0.39, 0.29) is 0 Å². The molecule has 0 aliphatic carbocycles. The molecular weight excluding hydrogens is 669 g/mol. The molecule has 0 spiro atoms. The summed E-state index contributed by atoms with van der Waals surface area (Å²) in [5, 5.41) is 6.42. The third kappa shape index (κ3) is 4.13. The Labute approximate surface area is 306 Å². The van der Waals surface area contributed by atoms with Crippen LogP contribution in [0.3, 0.4) is 0 Å². The summed E-state index contributed by atoms with van der Waals surface area (Å²) < 4.78 is 17.1. The summed E-state index contributed by atoms with van der Waals surface area (Å²) in [6, 6.07) is 53.9. The number of hydrogen-bond donors (Lipinski definition) is 0. The first-order valence-electron chi connectivity index (χ1n) is 17.8. The summed E-state index contributed by atoms with van der Waals surface area (Å²) >= 11 is 0. The first kappa shape index (κ1) is 29.0. The van der Waals surface area contributed by atoms with Crippen molar-refractivity contribution in [3.05, 3.63) is 158 Å². The summed E-state index contributed by atoms with van der Waals surface area (Å²) in [4.78, 5) is 20.6. The molecule has 5 aromatic heterocycles. The molecule has 0 unspecified atom stereocenters. The molecule has 5 heterocycles. The van der Waals surface area contributed by atoms with Gasteiger partial charge >= 0.3 is 6.01 Å². The fourth-order valence-corrected chi connectivity index (χ4v) is 8.04. The highest BCUT2D eigenvalue weighted by Gasteiger charge is 2.25. The molecule has 0 fully saturated rings. The zero-order valence-electron chi connectivity index (χ0n) is 28.5. The fraction of sp³-hybridized carbons (Fsp3) is 0. The number of hydrogen-bond acceptors (Lipinski definition) is 6. The van der Waals surface area contributed by atoms with E-state index < -0.39 is 0 Å². The highest BCUT2D eigenvalue weighted by atomic mass is 16.4. The van der Waals surface area contributed by atoms with Gasteiger partial charge in [0.05, 0.1) is 22.1 Å². The number of nitrogens with zero attached hydrogens (tertiary/aromatic N) is 6. The molecular formula is C46H26N6O2. The van der Waals surface area contributed by atoms with E-state index in [0.717, 1.165) is 87.8 Å². The van der Waals surface area contributed by atoms with E-state index in [2.05, 4.69) is 88.0 Å². The maximum atomic E-state index is 6.50. The van der Waals surface area contributed by atoms with Crippen molar-refractivity contribution >= 4 is 76.6 Å². The maximum Gasteiger partial charge on any atom is 0.307 e. The minimum Gasteiger partial charge on any atom is -0.456 e. The van der Waals surface area contributed by atoms with Crippen LogP contribution < -0.4 is 0 Å². The van der Waals surface area contributed by atoms with E-state index in [1.807, 2.05) is 78.9 Å². The molecule has 0 saturated carbocycles. The van der Waals surface area contributed by atoms with Crippen molar-refractivity contribution in [2.75, 3.05) is 0 Å². The van der Waals surface area contributed by atoms with Crippen LogP contribution in [0, 0.1) is 0 Å². The predicted octanol–water partition coefficient (Wildman–Crippen LogP) is 11.4. The number of furan rings is 1. The van der Waals surface area contributed by atoms with Crippen LogP contribution in [0.25, 0.3) is 111 Å². The van der Waals surface area contributed by atoms with E-state index in [9.17, 15) is 0 Å². The molecule has 0 N–H and O–H groups in total. The van der Waals surface area contributed by atoms with Crippen LogP contribution in [0.5, 0.6) is 0 Å². The number of fused-ring (bicyclic) bond motifs is 11. The lowest BCUT2D eigenvalue weighted by Gasteiger charge is -2.12. The molecule has 0 aliphatic heterocycles. The predicted molar refractivity (Wildman–Crippen MR) is 214 cm³/mol. The fourth-order valence-electron chi connectivity index (χ4n) is 8.04. The smallest absolute Gasteiger partial charge is 0.307 e. The van der Waals surface area contributed by atoms with Gasteiger partial charge in [0.2, 0.25) is 5.95 Å². The van der Waals surface area contributed by atoms with Gasteiger partial charge in [0.25, 0.3) is 0 Å². The van der Waals surface area contributed by atoms with E-state index in [4.69, 9.17) is 28.8 Å². The molecule has 0 saturated heterocycles. The van der Waals surface area contributed by atoms with Gasteiger partial charge in [-0.25, -0.2) is 4.98 Å². The molecule has 0 radical (unpaired) electrons. The average Bonchev–Trinajstić information content (AvgIpc) is 3.99. The van der Waals surface area contributed by atoms with Crippen molar-refractivity contribution in [1.29, 1.82) is 0 Å². The van der Waals surface area contributed by atoms with Crippen molar-refractivity contribution in [2.45, 2.75) is 0 Å². The zero-order valence-corrected chi connectivity index (χ0v) is 28.5. The van der Waals surface area contributed by atoms with E-state index in [1.54, 1.807) is 0 Å². The standard InChI is InChI=1S/C46H26N6O2/c1-2-12-27(13-3-1)43-48-44(28-22-23-32-31-16-6-10-20-38(31)53-40(32)26-28)50-45(49-43)51-36-18-8-4-14-29(36)33-24-25-34-30-15-5-9-19-37(30)52(42(34)41(33)51)46-47-35-17-7-11-21-39(35)54-46/h1-26H. The first-order valence-corrected chi connectivity index (χ1v) is 17.8. The summed E-state index contributed by atoms with van der Waals surface area (Å²) in [6.45, 7) is 0. The monoisotopic (exact) mass is 694 g/mol. The lowest BCUT2D eigenvalue weighted by Crippen LogP contribution is -2.07. The summed E-state index contributed by atoms with van der Waals surface area (Å²) in [5.41, 5.74) is 8.70. The minimum absolute atomic E-state index is 0.493. The third-order valence-electron chi connectivity index (χ3n) is 10.4. The second-order valence-electron chi connectivity index (χ2n) is 13.5. The largest absolute Gasteiger partial charge is 0.456 e. The van der Waals surface area contributed by atoms with Crippen LogP contribution >= 0.6 is 0 Å². The highest BCUT2D eigenvalue weighted by molar-refractivity contribution is 6.23. The van der Waals surface area contributed by atoms with Gasteiger partial charge in [-0.05, 0) is 42.5 Å². The molecule has 54 heavy (non-hydrogen) atoms. The molecule has 252 valence electrons. The van der Waals surface area contributed by atoms with Crippen molar-refractivity contribution in [2.24, 2.45) is 0 Å². The minimum atomic E-state index is 0.493. The normalized spacial score (nSPS) is 12.1. The second kappa shape index (κ2) is 11.0. The van der Waals surface area contributed by atoms with Gasteiger partial charge < -0.3 is 8.83 Å². The van der Waals surface area contributed by atoms with E-state index >= 15 is 0 Å². The lowest BCUT2D eigenvalue weighted by atomic mass is 10.1. The Morgan fingerprint density at radius 2 is 0.944 bits per heavy atom. The lowest BCUT2D eigenvalue weighted by molar-refractivity contribution is 0.574. The molecule has 8 heteroatoms. The Hall–Kier alpha value is -7.58. The Balaban J connectivity index is 1.21. The second-order valence-corrected chi connectivity index (χ2v) is 13.5. The number of benzene rings is 7. The SMILES string of the molecule is c1ccc(-c2nc(-c3ccc4c(c3)oc3ccccc34)nc(-n3c4ccccc4c4ccc5c6ccccc6n(-c6nc7ccccc7o6)c5c43)n2)cc1. The zero-order chi connectivity index (χ0) is 35.3. The number of para-hydroxylation sites is 5. The van der Waals surface area contributed by atoms with Gasteiger partial charge in [0.1, 0.15) is 16.7 Å². The van der Waals surface area contributed by atoms with Gasteiger partial charge in [0.15, 0.2) is 17.2 Å². The topological polar surface area (TPSA) is 87.7 Å². The van der Waals surface area contributed by atoms with Crippen molar-refractivity contribution < 1.29 is 8.83 Å². The van der Waals surface area contributed by atoms with Crippen molar-refractivity contribution in [1.82, 2.24) is 29.1 Å². The van der Waals surface area contributed by atoms with Crippen molar-refractivity contribution in [3.8, 4) is 34.7 Å². The Morgan fingerprint density at radius 3 is 1.70 bits per heavy atom. The number of rotatable bonds is 4. The van der Waals surface area contributed by atoms with Crippen molar-refractivity contribution in [3.63, 3.8) is 0 Å². The number of aromatic nitrogens is 6.